The van der Waals surface area contributed by atoms with Crippen LogP contribution in [0.15, 0.2) is 24.3 Å². The van der Waals surface area contributed by atoms with Gasteiger partial charge in [-0.15, -0.1) is 0 Å². The molecule has 0 spiro atoms. The molecule has 1 aromatic heterocycles. The topological polar surface area (TPSA) is 78.0 Å². The van der Waals surface area contributed by atoms with Crippen molar-refractivity contribution in [3.8, 4) is 0 Å². The maximum atomic E-state index is 12.0. The first-order valence-corrected chi connectivity index (χ1v) is 6.62. The third kappa shape index (κ3) is 2.33. The number of carbonyl (C=O) groups is 1. The maximum Gasteiger partial charge on any atom is 0.252 e. The summed E-state index contributed by atoms with van der Waals surface area (Å²) in [4.78, 5) is 19.5. The van der Waals surface area contributed by atoms with Crippen molar-refractivity contribution in [1.29, 1.82) is 0 Å². The Balaban J connectivity index is 1.67. The number of nitrogens with one attached hydrogen (secondary N) is 2. The first-order chi connectivity index (χ1) is 9.17. The number of rotatable bonds is 3. The summed E-state index contributed by atoms with van der Waals surface area (Å²) in [5.41, 5.74) is 0.657. The van der Waals surface area contributed by atoms with Gasteiger partial charge in [0, 0.05) is 0 Å². The van der Waals surface area contributed by atoms with E-state index >= 15 is 0 Å². The van der Waals surface area contributed by atoms with Crippen LogP contribution >= 0.6 is 0 Å². The molecule has 1 fully saturated rings. The molecule has 0 unspecified atom stereocenters. The Hall–Kier alpha value is -1.88. The number of aromatic nitrogens is 2. The molecule has 0 aliphatic heterocycles. The first kappa shape index (κ1) is 12.2. The predicted octanol–water partition coefficient (Wildman–Crippen LogP) is 1.48. The van der Waals surface area contributed by atoms with E-state index in [2.05, 4.69) is 15.3 Å². The molecule has 5 nitrogen and oxygen atoms in total. The van der Waals surface area contributed by atoms with Crippen molar-refractivity contribution in [1.82, 2.24) is 15.3 Å². The normalized spacial score (nSPS) is 17.7. The van der Waals surface area contributed by atoms with E-state index in [9.17, 15) is 9.90 Å². The summed E-state index contributed by atoms with van der Waals surface area (Å²) in [7, 11) is 0. The van der Waals surface area contributed by atoms with Gasteiger partial charge in [0.25, 0.3) is 5.91 Å². The molecule has 19 heavy (non-hydrogen) atoms. The van der Waals surface area contributed by atoms with Crippen LogP contribution in [0.4, 0.5) is 0 Å². The standard InChI is InChI=1S/C14H17N3O2/c18-13(14(19)7-3-4-8-14)15-9-12-16-10-5-1-2-6-11(10)17-12/h1-2,5-6,19H,3-4,7-9H2,(H,15,18)(H,16,17). The van der Waals surface area contributed by atoms with E-state index in [4.69, 9.17) is 0 Å². The van der Waals surface area contributed by atoms with Gasteiger partial charge in [0.2, 0.25) is 0 Å². The van der Waals surface area contributed by atoms with Crippen molar-refractivity contribution in [2.45, 2.75) is 37.8 Å². The van der Waals surface area contributed by atoms with Crippen molar-refractivity contribution in [2.75, 3.05) is 0 Å². The molecule has 100 valence electrons. The van der Waals surface area contributed by atoms with Crippen molar-refractivity contribution in [3.63, 3.8) is 0 Å². The number of carbonyl (C=O) groups excluding carboxylic acids is 1. The number of imidazole rings is 1. The van der Waals surface area contributed by atoms with Gasteiger partial charge < -0.3 is 15.4 Å². The van der Waals surface area contributed by atoms with E-state index in [-0.39, 0.29) is 5.91 Å². The van der Waals surface area contributed by atoms with Gasteiger partial charge in [-0.3, -0.25) is 4.79 Å². The highest BCUT2D eigenvalue weighted by Gasteiger charge is 2.38. The van der Waals surface area contributed by atoms with Gasteiger partial charge >= 0.3 is 0 Å². The summed E-state index contributed by atoms with van der Waals surface area (Å²) < 4.78 is 0. The van der Waals surface area contributed by atoms with E-state index < -0.39 is 5.60 Å². The molecule has 2 aromatic rings. The highest BCUT2D eigenvalue weighted by Crippen LogP contribution is 2.29. The van der Waals surface area contributed by atoms with Crippen LogP contribution in [0.3, 0.4) is 0 Å². The zero-order valence-electron chi connectivity index (χ0n) is 10.6. The van der Waals surface area contributed by atoms with Gasteiger partial charge in [-0.05, 0) is 37.8 Å². The minimum atomic E-state index is -1.17. The molecular weight excluding hydrogens is 242 g/mol. The number of hydrogen-bond acceptors (Lipinski definition) is 3. The quantitative estimate of drug-likeness (QED) is 0.781. The third-order valence-corrected chi connectivity index (χ3v) is 3.71. The van der Waals surface area contributed by atoms with Crippen molar-refractivity contribution in [3.05, 3.63) is 30.1 Å². The molecule has 1 aliphatic carbocycles. The SMILES string of the molecule is O=C(NCc1nc2ccccc2[nH]1)C1(O)CCCC1. The number of hydrogen-bond donors (Lipinski definition) is 3. The van der Waals surface area contributed by atoms with Crippen LogP contribution < -0.4 is 5.32 Å². The summed E-state index contributed by atoms with van der Waals surface area (Å²) in [5.74, 6) is 0.418. The largest absolute Gasteiger partial charge is 0.380 e. The maximum absolute atomic E-state index is 12.0. The van der Waals surface area contributed by atoms with Crippen LogP contribution in [0.5, 0.6) is 0 Å². The van der Waals surface area contributed by atoms with Crippen molar-refractivity contribution in [2.24, 2.45) is 0 Å². The summed E-state index contributed by atoms with van der Waals surface area (Å²) in [6, 6.07) is 7.72. The summed E-state index contributed by atoms with van der Waals surface area (Å²) in [5, 5.41) is 12.9. The van der Waals surface area contributed by atoms with E-state index in [1.165, 1.54) is 0 Å². The van der Waals surface area contributed by atoms with Gasteiger partial charge in [0.05, 0.1) is 17.6 Å². The first-order valence-electron chi connectivity index (χ1n) is 6.62. The van der Waals surface area contributed by atoms with E-state index in [1.807, 2.05) is 24.3 Å². The Bertz CT molecular complexity index is 567. The van der Waals surface area contributed by atoms with Gasteiger partial charge in [0.15, 0.2) is 0 Å². The second-order valence-corrected chi connectivity index (χ2v) is 5.12. The van der Waals surface area contributed by atoms with Crippen LogP contribution in [0.2, 0.25) is 0 Å². The molecule has 1 aliphatic rings. The smallest absolute Gasteiger partial charge is 0.252 e. The summed E-state index contributed by atoms with van der Waals surface area (Å²) >= 11 is 0. The predicted molar refractivity (Wildman–Crippen MR) is 71.4 cm³/mol. The Kier molecular flexibility index (Phi) is 2.98. The molecule has 1 heterocycles. The number of fused-ring (bicyclic) bond motifs is 1. The second-order valence-electron chi connectivity index (χ2n) is 5.12. The molecule has 0 atom stereocenters. The van der Waals surface area contributed by atoms with E-state index in [0.29, 0.717) is 25.2 Å². The Morgan fingerprint density at radius 1 is 1.37 bits per heavy atom. The monoisotopic (exact) mass is 259 g/mol. The number of para-hydroxylation sites is 2. The lowest BCUT2D eigenvalue weighted by molar-refractivity contribution is -0.139. The van der Waals surface area contributed by atoms with Gasteiger partial charge in [-0.25, -0.2) is 4.98 Å². The van der Waals surface area contributed by atoms with Crippen molar-refractivity contribution >= 4 is 16.9 Å². The van der Waals surface area contributed by atoms with Crippen LogP contribution in [0, 0.1) is 0 Å². The number of nitrogens with zero attached hydrogens (tertiary/aromatic N) is 1. The molecule has 1 saturated carbocycles. The van der Waals surface area contributed by atoms with Crippen LogP contribution in [-0.2, 0) is 11.3 Å². The highest BCUT2D eigenvalue weighted by molar-refractivity contribution is 5.85. The molecule has 3 N–H and O–H groups in total. The molecule has 0 radical (unpaired) electrons. The van der Waals surface area contributed by atoms with E-state index in [1.54, 1.807) is 0 Å². The van der Waals surface area contributed by atoms with Crippen molar-refractivity contribution < 1.29 is 9.90 Å². The Morgan fingerprint density at radius 2 is 2.11 bits per heavy atom. The zero-order chi connectivity index (χ0) is 13.3. The molecule has 5 heteroatoms. The number of benzene rings is 1. The Labute approximate surface area is 111 Å². The molecule has 0 bridgehead atoms. The van der Waals surface area contributed by atoms with Gasteiger partial charge in [-0.1, -0.05) is 12.1 Å². The summed E-state index contributed by atoms with van der Waals surface area (Å²) in [6.45, 7) is 0.315. The lowest BCUT2D eigenvalue weighted by atomic mass is 10.0. The second kappa shape index (κ2) is 4.66. The number of aromatic amines is 1. The fraction of sp³-hybridized carbons (Fsp3) is 0.429. The molecule has 3 rings (SSSR count). The molecule has 1 amide bonds. The fourth-order valence-corrected chi connectivity index (χ4v) is 2.60. The minimum absolute atomic E-state index is 0.287. The fourth-order valence-electron chi connectivity index (χ4n) is 2.60. The molecule has 1 aromatic carbocycles. The lowest BCUT2D eigenvalue weighted by Crippen LogP contribution is -2.44. The highest BCUT2D eigenvalue weighted by atomic mass is 16.3. The minimum Gasteiger partial charge on any atom is -0.380 e. The Morgan fingerprint density at radius 3 is 2.84 bits per heavy atom. The lowest BCUT2D eigenvalue weighted by Gasteiger charge is -2.20. The molecular formula is C14H17N3O2. The average Bonchev–Trinajstić information content (AvgIpc) is 3.02. The average molecular weight is 259 g/mol. The van der Waals surface area contributed by atoms with Crippen LogP contribution in [0.1, 0.15) is 31.5 Å². The number of H-pyrrole nitrogens is 1. The number of amides is 1. The zero-order valence-corrected chi connectivity index (χ0v) is 10.6. The third-order valence-electron chi connectivity index (χ3n) is 3.71. The van der Waals surface area contributed by atoms with Gasteiger partial charge in [-0.2, -0.15) is 0 Å². The van der Waals surface area contributed by atoms with Gasteiger partial charge in [0.1, 0.15) is 11.4 Å². The summed E-state index contributed by atoms with van der Waals surface area (Å²) in [6.07, 6.45) is 2.93. The van der Waals surface area contributed by atoms with Crippen LogP contribution in [-0.4, -0.2) is 26.6 Å². The van der Waals surface area contributed by atoms with Crippen LogP contribution in [0.25, 0.3) is 11.0 Å². The van der Waals surface area contributed by atoms with E-state index in [0.717, 1.165) is 23.9 Å². The number of aliphatic hydroxyl groups is 1. The molecule has 0 saturated heterocycles.